The SMILES string of the molecule is Cn1[c](=[Pt])n(-c2cccc(Oc3ccc4c5ccccc5n(-c5ccc(-c6ccccn6)cn5)c4c3)c2)c2ccccc21. The Balaban J connectivity index is 1.21. The number of rotatable bonds is 5. The van der Waals surface area contributed by atoms with E-state index in [4.69, 9.17) is 9.72 Å². The average Bonchev–Trinajstić information content (AvgIpc) is 3.52. The molecular formula is C36H25N5OPt. The van der Waals surface area contributed by atoms with E-state index >= 15 is 0 Å². The van der Waals surface area contributed by atoms with Gasteiger partial charge in [0.25, 0.3) is 0 Å². The van der Waals surface area contributed by atoms with Crippen LogP contribution in [-0.4, -0.2) is 23.7 Å². The molecule has 8 aromatic rings. The van der Waals surface area contributed by atoms with E-state index in [2.05, 4.69) is 130 Å². The Morgan fingerprint density at radius 1 is 0.605 bits per heavy atom. The molecule has 0 saturated heterocycles. The third-order valence-electron chi connectivity index (χ3n) is 7.81. The van der Waals surface area contributed by atoms with Crippen LogP contribution in [-0.2, 0) is 26.4 Å². The number of aromatic nitrogens is 5. The Morgan fingerprint density at radius 3 is 2.19 bits per heavy atom. The van der Waals surface area contributed by atoms with E-state index in [1.165, 1.54) is 10.9 Å². The molecule has 4 heterocycles. The molecule has 0 amide bonds. The second kappa shape index (κ2) is 10.3. The second-order valence-corrected chi connectivity index (χ2v) is 11.4. The van der Waals surface area contributed by atoms with Crippen molar-refractivity contribution in [3.8, 4) is 34.3 Å². The van der Waals surface area contributed by atoms with Crippen molar-refractivity contribution in [3.63, 3.8) is 0 Å². The van der Waals surface area contributed by atoms with Gasteiger partial charge in [0.1, 0.15) is 0 Å². The van der Waals surface area contributed by atoms with Crippen LogP contribution in [0.2, 0.25) is 0 Å². The molecule has 0 aliphatic heterocycles. The first-order chi connectivity index (χ1) is 21.2. The van der Waals surface area contributed by atoms with Gasteiger partial charge in [-0.05, 0) is 18.2 Å². The molecule has 0 fully saturated rings. The maximum absolute atomic E-state index is 6.51. The predicted molar refractivity (Wildman–Crippen MR) is 167 cm³/mol. The number of ether oxygens (including phenoxy) is 1. The number of para-hydroxylation sites is 3. The van der Waals surface area contributed by atoms with Crippen LogP contribution in [0.15, 0.2) is 134 Å². The fourth-order valence-electron chi connectivity index (χ4n) is 5.79. The first-order valence-corrected chi connectivity index (χ1v) is 15.1. The summed E-state index contributed by atoms with van der Waals surface area (Å²) in [7, 11) is 2.09. The molecule has 4 aromatic carbocycles. The fourth-order valence-corrected chi connectivity index (χ4v) is 6.64. The number of hydrogen-bond donors (Lipinski definition) is 0. The van der Waals surface area contributed by atoms with Crippen molar-refractivity contribution >= 4 is 32.8 Å². The molecule has 0 bridgehead atoms. The van der Waals surface area contributed by atoms with Gasteiger partial charge in [0.05, 0.1) is 5.69 Å². The first-order valence-electron chi connectivity index (χ1n) is 14.0. The van der Waals surface area contributed by atoms with E-state index in [0.717, 1.165) is 60.0 Å². The Labute approximate surface area is 258 Å². The molecular weight excluding hydrogens is 714 g/mol. The Kier molecular flexibility index (Phi) is 6.16. The summed E-state index contributed by atoms with van der Waals surface area (Å²) in [5.74, 6) is 2.37. The fraction of sp³-hybridized carbons (Fsp3) is 0.0278. The van der Waals surface area contributed by atoms with E-state index in [-0.39, 0.29) is 0 Å². The molecule has 0 unspecified atom stereocenters. The van der Waals surface area contributed by atoms with Gasteiger partial charge in [0, 0.05) is 18.0 Å². The van der Waals surface area contributed by atoms with Crippen LogP contribution in [0.5, 0.6) is 11.5 Å². The Bertz CT molecular complexity index is 2350. The molecule has 0 radical (unpaired) electrons. The number of imidazole rings is 1. The third kappa shape index (κ3) is 4.34. The van der Waals surface area contributed by atoms with Crippen LogP contribution in [0.25, 0.3) is 55.6 Å². The quantitative estimate of drug-likeness (QED) is 0.178. The van der Waals surface area contributed by atoms with Gasteiger partial charge in [-0.1, -0.05) is 18.2 Å². The number of benzene rings is 4. The topological polar surface area (TPSA) is 49.8 Å². The third-order valence-corrected chi connectivity index (χ3v) is 9.08. The van der Waals surface area contributed by atoms with Crippen LogP contribution in [0.4, 0.5) is 0 Å². The normalized spacial score (nSPS) is 11.5. The zero-order valence-electron chi connectivity index (χ0n) is 23.2. The number of pyridine rings is 2. The maximum atomic E-state index is 6.51. The minimum absolute atomic E-state index is 0.761. The molecule has 8 rings (SSSR count). The van der Waals surface area contributed by atoms with Gasteiger partial charge in [-0.3, -0.25) is 4.98 Å². The molecule has 210 valence electrons. The van der Waals surface area contributed by atoms with Gasteiger partial charge in [-0.15, -0.1) is 0 Å². The van der Waals surface area contributed by atoms with Crippen molar-refractivity contribution < 1.29 is 24.1 Å². The van der Waals surface area contributed by atoms with Crippen molar-refractivity contribution in [1.29, 1.82) is 0 Å². The molecule has 4 aromatic heterocycles. The van der Waals surface area contributed by atoms with Gasteiger partial charge >= 0.3 is 194 Å². The summed E-state index contributed by atoms with van der Waals surface area (Å²) in [6.07, 6.45) is 3.69. The molecule has 0 aliphatic rings. The van der Waals surface area contributed by atoms with Crippen LogP contribution >= 0.6 is 0 Å². The summed E-state index contributed by atoms with van der Waals surface area (Å²) in [5, 5.41) is 2.32. The standard InChI is InChI=1S/C36H25N5O.Pt/c1-39-24-40(34-15-5-4-14-33(34)39)26-9-8-10-27(21-26)42-28-17-18-30-29-11-2-3-13-32(29)41(35(30)22-28)36-19-16-25(23-38-36)31-12-6-7-20-37-31;/h2-23H,1H3;. The molecule has 43 heavy (non-hydrogen) atoms. The van der Waals surface area contributed by atoms with Crippen LogP contribution in [0.1, 0.15) is 0 Å². The average molecular weight is 739 g/mol. The van der Waals surface area contributed by atoms with Crippen molar-refractivity contribution in [1.82, 2.24) is 23.7 Å². The number of nitrogens with zero attached hydrogens (tertiary/aromatic N) is 5. The summed E-state index contributed by atoms with van der Waals surface area (Å²) in [6.45, 7) is 0. The molecule has 0 N–H and O–H groups in total. The van der Waals surface area contributed by atoms with E-state index in [0.29, 0.717) is 0 Å². The number of aryl methyl sites for hydroxylation is 1. The summed E-state index contributed by atoms with van der Waals surface area (Å²) in [5.41, 5.74) is 7.39. The van der Waals surface area contributed by atoms with Gasteiger partial charge in [-0.25, -0.2) is 0 Å². The van der Waals surface area contributed by atoms with E-state index in [9.17, 15) is 0 Å². The monoisotopic (exact) mass is 738 g/mol. The van der Waals surface area contributed by atoms with Gasteiger partial charge in [0.2, 0.25) is 0 Å². The summed E-state index contributed by atoms with van der Waals surface area (Å²) >= 11 is 2.38. The van der Waals surface area contributed by atoms with Crippen molar-refractivity contribution in [2.75, 3.05) is 0 Å². The number of hydrogen-bond acceptors (Lipinski definition) is 3. The van der Waals surface area contributed by atoms with Crippen LogP contribution in [0, 0.1) is 3.80 Å². The summed E-state index contributed by atoms with van der Waals surface area (Å²) in [4.78, 5) is 9.34. The molecule has 0 spiro atoms. The minimum atomic E-state index is 0.761. The van der Waals surface area contributed by atoms with Gasteiger partial charge in [0.15, 0.2) is 0 Å². The number of fused-ring (bicyclic) bond motifs is 4. The summed E-state index contributed by atoms with van der Waals surface area (Å²) in [6, 6.07) is 41.4. The van der Waals surface area contributed by atoms with Crippen LogP contribution in [0.3, 0.4) is 0 Å². The summed E-state index contributed by atoms with van der Waals surface area (Å²) < 4.78 is 14.3. The first kappa shape index (κ1) is 25.6. The zero-order chi connectivity index (χ0) is 28.9. The molecule has 7 heteroatoms. The molecule has 0 atom stereocenters. The van der Waals surface area contributed by atoms with Crippen LogP contribution < -0.4 is 4.74 Å². The predicted octanol–water partition coefficient (Wildman–Crippen LogP) is 8.39. The van der Waals surface area contributed by atoms with Gasteiger partial charge < -0.3 is 0 Å². The van der Waals surface area contributed by atoms with Crippen molar-refractivity contribution in [2.24, 2.45) is 7.05 Å². The zero-order valence-corrected chi connectivity index (χ0v) is 25.4. The van der Waals surface area contributed by atoms with E-state index < -0.39 is 0 Å². The Hall–Kier alpha value is -5.06. The van der Waals surface area contributed by atoms with E-state index in [1.54, 1.807) is 6.20 Å². The van der Waals surface area contributed by atoms with Crippen molar-refractivity contribution in [3.05, 3.63) is 138 Å². The second-order valence-electron chi connectivity index (χ2n) is 10.4. The molecule has 0 saturated carbocycles. The van der Waals surface area contributed by atoms with E-state index in [1.807, 2.05) is 42.6 Å². The Morgan fingerprint density at radius 2 is 1.37 bits per heavy atom. The molecule has 0 aliphatic carbocycles. The van der Waals surface area contributed by atoms with Crippen molar-refractivity contribution in [2.45, 2.75) is 0 Å². The molecule has 6 nitrogen and oxygen atoms in total. The van der Waals surface area contributed by atoms with Gasteiger partial charge in [-0.2, -0.15) is 0 Å².